The molecule has 0 amide bonds. The average molecular weight is 516 g/mol. The molecule has 3 aromatic rings. The van der Waals surface area contributed by atoms with Crippen molar-refractivity contribution in [1.82, 2.24) is 14.5 Å². The molecule has 1 aliphatic rings. The monoisotopic (exact) mass is 516 g/mol. The number of aromatic nitrogens is 3. The fourth-order valence-electron chi connectivity index (χ4n) is 4.30. The molecule has 1 aromatic carbocycles. The molecule has 7 nitrogen and oxygen atoms in total. The molecule has 0 bridgehead atoms. The first kappa shape index (κ1) is 25.7. The van der Waals surface area contributed by atoms with Gasteiger partial charge in [-0.3, -0.25) is 9.36 Å². The maximum atomic E-state index is 14.7. The van der Waals surface area contributed by atoms with Crippen LogP contribution in [0.4, 0.5) is 32.2 Å². The fraction of sp³-hybridized carbons (Fsp3) is 0.435. The lowest BCUT2D eigenvalue weighted by Crippen LogP contribution is -2.52. The minimum Gasteiger partial charge on any atom is -0.467 e. The SMILES string of the molecule is COc1nc(N[C@H](C)c2cccc(C(F)F)c2F)c2cn(C3(C(F)(F)F)CCOC3)c(=O)c(C)c2n1. The van der Waals surface area contributed by atoms with Gasteiger partial charge in [-0.1, -0.05) is 18.2 Å². The van der Waals surface area contributed by atoms with Gasteiger partial charge in [0.25, 0.3) is 12.0 Å². The van der Waals surface area contributed by atoms with Crippen molar-refractivity contribution in [3.8, 4) is 6.01 Å². The van der Waals surface area contributed by atoms with Crippen LogP contribution < -0.4 is 15.6 Å². The van der Waals surface area contributed by atoms with E-state index in [0.29, 0.717) is 4.57 Å². The second-order valence-electron chi connectivity index (χ2n) is 8.50. The molecule has 194 valence electrons. The van der Waals surface area contributed by atoms with Crippen molar-refractivity contribution in [3.63, 3.8) is 0 Å². The van der Waals surface area contributed by atoms with E-state index < -0.39 is 54.2 Å². The lowest BCUT2D eigenvalue weighted by atomic mass is 9.96. The zero-order valence-electron chi connectivity index (χ0n) is 19.4. The number of nitrogens with one attached hydrogen (secondary N) is 1. The third-order valence-corrected chi connectivity index (χ3v) is 6.36. The van der Waals surface area contributed by atoms with Gasteiger partial charge in [0.05, 0.1) is 36.2 Å². The number of alkyl halides is 5. The molecule has 36 heavy (non-hydrogen) atoms. The van der Waals surface area contributed by atoms with Gasteiger partial charge < -0.3 is 14.8 Å². The third kappa shape index (κ3) is 4.14. The van der Waals surface area contributed by atoms with E-state index in [2.05, 4.69) is 15.3 Å². The Hall–Kier alpha value is -3.35. The Morgan fingerprint density at radius 3 is 2.50 bits per heavy atom. The van der Waals surface area contributed by atoms with E-state index in [1.807, 2.05) is 0 Å². The number of methoxy groups -OCH3 is 1. The largest absolute Gasteiger partial charge is 0.467 e. The van der Waals surface area contributed by atoms with Crippen LogP contribution in [-0.4, -0.2) is 41.0 Å². The maximum absolute atomic E-state index is 14.7. The van der Waals surface area contributed by atoms with E-state index in [9.17, 15) is 31.1 Å². The molecule has 0 saturated carbocycles. The summed E-state index contributed by atoms with van der Waals surface area (Å²) in [4.78, 5) is 21.4. The molecule has 1 N–H and O–H groups in total. The molecule has 0 radical (unpaired) electrons. The van der Waals surface area contributed by atoms with Crippen molar-refractivity contribution in [2.45, 2.75) is 44.5 Å². The summed E-state index contributed by atoms with van der Waals surface area (Å²) in [5, 5.41) is 2.88. The zero-order chi connectivity index (χ0) is 26.4. The van der Waals surface area contributed by atoms with Gasteiger partial charge in [0.2, 0.25) is 0 Å². The highest BCUT2D eigenvalue weighted by molar-refractivity contribution is 5.91. The highest BCUT2D eigenvalue weighted by Gasteiger charge is 2.59. The number of ether oxygens (including phenoxy) is 2. The normalized spacial score (nSPS) is 19.2. The summed E-state index contributed by atoms with van der Waals surface area (Å²) in [7, 11) is 1.26. The zero-order valence-corrected chi connectivity index (χ0v) is 19.4. The Bertz CT molecular complexity index is 1350. The maximum Gasteiger partial charge on any atom is 0.414 e. The van der Waals surface area contributed by atoms with E-state index in [4.69, 9.17) is 9.47 Å². The highest BCUT2D eigenvalue weighted by Crippen LogP contribution is 2.43. The van der Waals surface area contributed by atoms with E-state index in [-0.39, 0.29) is 40.5 Å². The Morgan fingerprint density at radius 2 is 1.92 bits per heavy atom. The first-order valence-electron chi connectivity index (χ1n) is 10.9. The van der Waals surface area contributed by atoms with Crippen molar-refractivity contribution < 1.29 is 35.8 Å². The molecule has 13 heteroatoms. The Kier molecular flexibility index (Phi) is 6.62. The van der Waals surface area contributed by atoms with Gasteiger partial charge in [-0.2, -0.15) is 23.1 Å². The molecule has 3 heterocycles. The molecule has 4 rings (SSSR count). The summed E-state index contributed by atoms with van der Waals surface area (Å²) >= 11 is 0. The molecular weight excluding hydrogens is 494 g/mol. The summed E-state index contributed by atoms with van der Waals surface area (Å²) in [6.07, 6.45) is -7.32. The number of hydrogen-bond acceptors (Lipinski definition) is 6. The first-order chi connectivity index (χ1) is 16.9. The Balaban J connectivity index is 1.91. The van der Waals surface area contributed by atoms with Gasteiger partial charge in [0.1, 0.15) is 11.6 Å². The molecule has 1 saturated heterocycles. The number of hydrogen-bond donors (Lipinski definition) is 1. The lowest BCUT2D eigenvalue weighted by molar-refractivity contribution is -0.214. The van der Waals surface area contributed by atoms with Crippen molar-refractivity contribution in [2.75, 3.05) is 25.6 Å². The van der Waals surface area contributed by atoms with Gasteiger partial charge in [-0.15, -0.1) is 0 Å². The minimum atomic E-state index is -4.81. The van der Waals surface area contributed by atoms with Crippen LogP contribution in [0.15, 0.2) is 29.2 Å². The lowest BCUT2D eigenvalue weighted by Gasteiger charge is -2.33. The van der Waals surface area contributed by atoms with Crippen LogP contribution in [0.25, 0.3) is 10.9 Å². The molecule has 1 fully saturated rings. The second-order valence-corrected chi connectivity index (χ2v) is 8.50. The van der Waals surface area contributed by atoms with Crippen LogP contribution in [0.1, 0.15) is 42.5 Å². The number of aryl methyl sites for hydroxylation is 1. The molecule has 1 unspecified atom stereocenters. The van der Waals surface area contributed by atoms with Crippen molar-refractivity contribution in [1.29, 1.82) is 0 Å². The highest BCUT2D eigenvalue weighted by atomic mass is 19.4. The van der Waals surface area contributed by atoms with Gasteiger partial charge in [0, 0.05) is 30.4 Å². The summed E-state index contributed by atoms with van der Waals surface area (Å²) in [5.41, 5.74) is -4.48. The van der Waals surface area contributed by atoms with Gasteiger partial charge in [-0.25, -0.2) is 13.2 Å². The van der Waals surface area contributed by atoms with E-state index in [1.54, 1.807) is 0 Å². The molecule has 1 aliphatic heterocycles. The van der Waals surface area contributed by atoms with Crippen molar-refractivity contribution in [3.05, 3.63) is 57.3 Å². The predicted octanol–water partition coefficient (Wildman–Crippen LogP) is 5.04. The molecular formula is C23H22F6N4O3. The number of fused-ring (bicyclic) bond motifs is 1. The van der Waals surface area contributed by atoms with Crippen LogP contribution in [0.3, 0.4) is 0 Å². The van der Waals surface area contributed by atoms with E-state index >= 15 is 0 Å². The summed E-state index contributed by atoms with van der Waals surface area (Å²) in [6.45, 7) is 1.86. The number of nitrogens with zero attached hydrogens (tertiary/aromatic N) is 3. The number of anilines is 1. The molecule has 2 atom stereocenters. The van der Waals surface area contributed by atoms with Crippen LogP contribution in [0.2, 0.25) is 0 Å². The van der Waals surface area contributed by atoms with Crippen molar-refractivity contribution >= 4 is 16.7 Å². The second kappa shape index (κ2) is 9.26. The summed E-state index contributed by atoms with van der Waals surface area (Å²) in [6, 6.07) is 2.38. The smallest absolute Gasteiger partial charge is 0.414 e. The van der Waals surface area contributed by atoms with Crippen LogP contribution >= 0.6 is 0 Å². The number of rotatable bonds is 6. The Morgan fingerprint density at radius 1 is 1.22 bits per heavy atom. The quantitative estimate of drug-likeness (QED) is 0.463. The van der Waals surface area contributed by atoms with Gasteiger partial charge in [0.15, 0.2) is 5.54 Å². The van der Waals surface area contributed by atoms with Gasteiger partial charge in [-0.05, 0) is 13.8 Å². The van der Waals surface area contributed by atoms with Crippen LogP contribution in [-0.2, 0) is 10.3 Å². The Labute approximate surface area is 201 Å². The van der Waals surface area contributed by atoms with Gasteiger partial charge >= 0.3 is 12.2 Å². The van der Waals surface area contributed by atoms with Crippen LogP contribution in [0.5, 0.6) is 6.01 Å². The molecule has 0 spiro atoms. The summed E-state index contributed by atoms with van der Waals surface area (Å²) < 4.78 is 94.4. The standard InChI is InChI=1S/C23H22F6N4O3/c1-11-17-15(9-33(20(11)34)22(23(27,28)29)7-8-36-10-22)19(32-21(31-17)35-3)30-12(2)13-5-4-6-14(16(13)24)18(25)26/h4-6,9,12,18H,7-8,10H2,1-3H3,(H,30,31,32)/t12-,22?/m1/s1. The molecule has 0 aliphatic carbocycles. The average Bonchev–Trinajstić information content (AvgIpc) is 3.32. The topological polar surface area (TPSA) is 78.3 Å². The number of benzene rings is 1. The first-order valence-corrected chi connectivity index (χ1v) is 10.9. The fourth-order valence-corrected chi connectivity index (χ4v) is 4.30. The number of pyridine rings is 1. The third-order valence-electron chi connectivity index (χ3n) is 6.36. The van der Waals surface area contributed by atoms with Crippen LogP contribution in [0, 0.1) is 12.7 Å². The minimum absolute atomic E-state index is 0.0239. The van der Waals surface area contributed by atoms with E-state index in [0.717, 1.165) is 12.3 Å². The predicted molar refractivity (Wildman–Crippen MR) is 118 cm³/mol. The van der Waals surface area contributed by atoms with E-state index in [1.165, 1.54) is 33.1 Å². The number of halogens is 6. The summed E-state index contributed by atoms with van der Waals surface area (Å²) in [5.74, 6) is -1.19. The molecule has 2 aromatic heterocycles. The van der Waals surface area contributed by atoms with Crippen molar-refractivity contribution in [2.24, 2.45) is 0 Å².